The van der Waals surface area contributed by atoms with E-state index in [9.17, 15) is 0 Å². The second kappa shape index (κ2) is 36.7. The molecule has 0 amide bonds. The maximum atomic E-state index is 8.89. The maximum Gasteiger partial charge on any atom is 3.00 e. The number of carbonyl (C=O) groups is 5. The fourth-order valence-electron chi connectivity index (χ4n) is 0. The van der Waals surface area contributed by atoms with Crippen molar-refractivity contribution in [1.29, 1.82) is 0 Å². The van der Waals surface area contributed by atoms with E-state index in [0.717, 1.165) is 34.6 Å². The van der Waals surface area contributed by atoms with E-state index in [1.807, 2.05) is 0 Å². The van der Waals surface area contributed by atoms with Gasteiger partial charge in [-0.3, -0.25) is 0 Å². The molecule has 0 aliphatic carbocycles. The third-order valence-electron chi connectivity index (χ3n) is 0. The maximum absolute atomic E-state index is 8.89. The Kier molecular flexibility index (Phi) is 71.4. The van der Waals surface area contributed by atoms with Crippen LogP contribution in [0.15, 0.2) is 0 Å². The molecule has 0 aliphatic heterocycles. The number of carbonyl (C=O) groups excluding carboxylic acids is 5. The molecule has 22 heavy (non-hydrogen) atoms. The Bertz CT molecular complexity index is 216. The second-order valence-corrected chi connectivity index (χ2v) is 2.46. The molecule has 0 fully saturated rings. The Morgan fingerprint density at radius 2 is 0.455 bits per heavy atom. The molecule has 0 saturated heterocycles. The van der Waals surface area contributed by atoms with E-state index in [-0.39, 0.29) is 41.5 Å². The first-order chi connectivity index (χ1) is 8.66. The van der Waals surface area contributed by atoms with Gasteiger partial charge in [-0.1, -0.05) is 0 Å². The molecule has 127 valence electrons. The zero-order chi connectivity index (χ0) is 17.9. The van der Waals surface area contributed by atoms with Crippen molar-refractivity contribution in [1.82, 2.24) is 0 Å². The van der Waals surface area contributed by atoms with Gasteiger partial charge in [-0.05, 0) is 34.6 Å². The monoisotopic (exact) mass is 471 g/mol. The smallest absolute Gasteiger partial charge is 0.550 e. The average Bonchev–Trinajstić information content (AvgIpc) is 1.94. The SMILES string of the molecule is CC(=O)[O-].CC(=O)[O-].CC(=O)[O-].CC(=O)[O-].CC(=O)[O-].[Mn+2].[Sb+3]. The van der Waals surface area contributed by atoms with E-state index in [0.29, 0.717) is 0 Å². The molecular weight excluding hydrogens is 457 g/mol. The molecule has 0 aromatic heterocycles. The minimum atomic E-state index is -1.08. The van der Waals surface area contributed by atoms with Crippen molar-refractivity contribution in [2.75, 3.05) is 0 Å². The fourth-order valence-corrected chi connectivity index (χ4v) is 0. The minimum absolute atomic E-state index is 0. The second-order valence-electron chi connectivity index (χ2n) is 2.46. The molecule has 0 aromatic carbocycles. The van der Waals surface area contributed by atoms with Gasteiger partial charge >= 0.3 is 41.5 Å². The molecule has 12 heteroatoms. The van der Waals surface area contributed by atoms with E-state index in [1.54, 1.807) is 0 Å². The number of carboxylic acids is 5. The predicted molar refractivity (Wildman–Crippen MR) is 59.2 cm³/mol. The molecule has 0 spiro atoms. The van der Waals surface area contributed by atoms with Gasteiger partial charge in [-0.2, -0.15) is 0 Å². The van der Waals surface area contributed by atoms with Crippen LogP contribution >= 0.6 is 0 Å². The van der Waals surface area contributed by atoms with Crippen molar-refractivity contribution in [3.8, 4) is 0 Å². The number of hydrogen-bond donors (Lipinski definition) is 0. The van der Waals surface area contributed by atoms with Crippen LogP contribution < -0.4 is 25.5 Å². The van der Waals surface area contributed by atoms with Crippen molar-refractivity contribution in [2.45, 2.75) is 34.6 Å². The van der Waals surface area contributed by atoms with Gasteiger partial charge in [-0.25, -0.2) is 0 Å². The number of carboxylic acid groups (broad SMARTS) is 5. The molecular formula is C10H15MnO10Sb. The zero-order valence-corrected chi connectivity index (χ0v) is 16.1. The van der Waals surface area contributed by atoms with Gasteiger partial charge in [0.2, 0.25) is 0 Å². The van der Waals surface area contributed by atoms with Gasteiger partial charge in [0.25, 0.3) is 0 Å². The number of aliphatic carboxylic acids is 5. The number of hydrogen-bond acceptors (Lipinski definition) is 10. The molecule has 0 aliphatic rings. The van der Waals surface area contributed by atoms with Crippen molar-refractivity contribution >= 4 is 54.3 Å². The molecule has 0 bridgehead atoms. The predicted octanol–water partition coefficient (Wildman–Crippen LogP) is -6.60. The van der Waals surface area contributed by atoms with Crippen LogP contribution in [0.2, 0.25) is 0 Å². The first-order valence-corrected chi connectivity index (χ1v) is 4.54. The summed E-state index contributed by atoms with van der Waals surface area (Å²) in [5.74, 6) is -5.42. The van der Waals surface area contributed by atoms with Gasteiger partial charge in [0.1, 0.15) is 0 Å². The van der Waals surface area contributed by atoms with Crippen LogP contribution in [0.4, 0.5) is 0 Å². The van der Waals surface area contributed by atoms with Crippen LogP contribution in [-0.2, 0) is 41.0 Å². The quantitative estimate of drug-likeness (QED) is 0.305. The molecule has 0 unspecified atom stereocenters. The van der Waals surface area contributed by atoms with Crippen LogP contribution in [0.3, 0.4) is 0 Å². The molecule has 0 saturated carbocycles. The summed E-state index contributed by atoms with van der Waals surface area (Å²) in [6, 6.07) is 0. The van der Waals surface area contributed by atoms with Crippen LogP contribution in [0, 0.1) is 0 Å². The van der Waals surface area contributed by atoms with Gasteiger partial charge in [0.05, 0.1) is 0 Å². The fraction of sp³-hybridized carbons (Fsp3) is 0.500. The van der Waals surface area contributed by atoms with Crippen LogP contribution in [0.25, 0.3) is 0 Å². The molecule has 0 heterocycles. The van der Waals surface area contributed by atoms with Gasteiger partial charge in [-0.15, -0.1) is 0 Å². The molecule has 0 rings (SSSR count). The first kappa shape index (κ1) is 42.8. The van der Waals surface area contributed by atoms with E-state index < -0.39 is 29.8 Å². The zero-order valence-electron chi connectivity index (χ0n) is 12.4. The third-order valence-corrected chi connectivity index (χ3v) is 0. The Morgan fingerprint density at radius 3 is 0.455 bits per heavy atom. The van der Waals surface area contributed by atoms with E-state index in [2.05, 4.69) is 0 Å². The van der Waals surface area contributed by atoms with Crippen LogP contribution in [0.5, 0.6) is 0 Å². The summed E-state index contributed by atoms with van der Waals surface area (Å²) in [5, 5.41) is 44.4. The summed E-state index contributed by atoms with van der Waals surface area (Å²) < 4.78 is 0. The normalized spacial score (nSPS) is 5.68. The van der Waals surface area contributed by atoms with Gasteiger partial charge in [0, 0.05) is 29.8 Å². The van der Waals surface area contributed by atoms with E-state index in [1.165, 1.54) is 0 Å². The third kappa shape index (κ3) is 3390. The molecule has 0 atom stereocenters. The summed E-state index contributed by atoms with van der Waals surface area (Å²) >= 11 is 0. The Balaban J connectivity index is -0.0000000250. The van der Waals surface area contributed by atoms with E-state index in [4.69, 9.17) is 49.5 Å². The summed E-state index contributed by atoms with van der Waals surface area (Å²) in [5.41, 5.74) is 0. The van der Waals surface area contributed by atoms with Crippen molar-refractivity contribution in [3.63, 3.8) is 0 Å². The van der Waals surface area contributed by atoms with Crippen LogP contribution in [0.1, 0.15) is 34.6 Å². The molecule has 0 aromatic rings. The Hall–Kier alpha value is -1.31. The average molecular weight is 472 g/mol. The van der Waals surface area contributed by atoms with E-state index >= 15 is 0 Å². The Morgan fingerprint density at radius 1 is 0.455 bits per heavy atom. The number of rotatable bonds is 0. The van der Waals surface area contributed by atoms with Crippen molar-refractivity contribution in [3.05, 3.63) is 0 Å². The van der Waals surface area contributed by atoms with Crippen molar-refractivity contribution < 1.29 is 66.6 Å². The topological polar surface area (TPSA) is 201 Å². The minimum Gasteiger partial charge on any atom is -0.550 e. The summed E-state index contributed by atoms with van der Waals surface area (Å²) in [6.07, 6.45) is 0. The standard InChI is InChI=1S/5C2H4O2.Mn.Sb/c5*1-2(3)4;;/h5*1H3,(H,3,4);;/q;;;;;+2;+3/p-5. The molecule has 3 radical (unpaired) electrons. The summed E-state index contributed by atoms with van der Waals surface area (Å²) in [4.78, 5) is 44.4. The first-order valence-electron chi connectivity index (χ1n) is 4.54. The Labute approximate surface area is 155 Å². The summed E-state index contributed by atoms with van der Waals surface area (Å²) in [7, 11) is 0. The summed E-state index contributed by atoms with van der Waals surface area (Å²) in [6.45, 7) is 4.86. The van der Waals surface area contributed by atoms with Gasteiger partial charge in [0.15, 0.2) is 0 Å². The largest absolute Gasteiger partial charge is 3.00 e. The molecule has 10 nitrogen and oxygen atoms in total. The molecule has 0 N–H and O–H groups in total. The van der Waals surface area contributed by atoms with Gasteiger partial charge < -0.3 is 49.5 Å². The van der Waals surface area contributed by atoms with Crippen LogP contribution in [-0.4, -0.2) is 54.3 Å². The van der Waals surface area contributed by atoms with Crippen molar-refractivity contribution in [2.24, 2.45) is 0 Å².